The normalized spacial score (nSPS) is 12.3. The van der Waals surface area contributed by atoms with E-state index in [0.29, 0.717) is 6.07 Å². The minimum atomic E-state index is -4.79. The van der Waals surface area contributed by atoms with Crippen LogP contribution < -0.4 is 16.1 Å². The molecule has 2 heterocycles. The van der Waals surface area contributed by atoms with Gasteiger partial charge < -0.3 is 9.55 Å². The summed E-state index contributed by atoms with van der Waals surface area (Å²) in [6.07, 6.45) is -2.20. The maximum Gasteiger partial charge on any atom is 0.418 e. The average molecular weight is 444 g/mol. The van der Waals surface area contributed by atoms with Crippen molar-refractivity contribution >= 4 is 26.7 Å². The molecular weight excluding hydrogens is 429 g/mol. The van der Waals surface area contributed by atoms with Gasteiger partial charge in [0.15, 0.2) is 0 Å². The predicted octanol–water partition coefficient (Wildman–Crippen LogP) is 1.35. The first kappa shape index (κ1) is 21.4. The fourth-order valence-corrected chi connectivity index (χ4v) is 3.89. The summed E-state index contributed by atoms with van der Waals surface area (Å²) >= 11 is 0. The van der Waals surface area contributed by atoms with Gasteiger partial charge in [-0.1, -0.05) is 6.92 Å². The number of hydrogen-bond donors (Lipinski definition) is 2. The van der Waals surface area contributed by atoms with E-state index in [-0.39, 0.29) is 22.2 Å². The van der Waals surface area contributed by atoms with Crippen LogP contribution in [0.15, 0.2) is 46.2 Å². The number of benzene rings is 1. The third kappa shape index (κ3) is 4.15. The van der Waals surface area contributed by atoms with Crippen molar-refractivity contribution in [2.75, 3.05) is 10.6 Å². The molecule has 0 saturated carbocycles. The number of ketones is 1. The molecule has 0 bridgehead atoms. The monoisotopic (exact) mass is 444 g/mol. The number of aromatic nitrogens is 3. The molecule has 0 unspecified atom stereocenters. The lowest BCUT2D eigenvalue weighted by Gasteiger charge is -2.16. The summed E-state index contributed by atoms with van der Waals surface area (Å²) in [6.45, 7) is 1.44. The van der Waals surface area contributed by atoms with Crippen LogP contribution in [-0.2, 0) is 21.0 Å². The van der Waals surface area contributed by atoms with Gasteiger partial charge in [-0.2, -0.15) is 17.8 Å². The topological polar surface area (TPSA) is 123 Å². The number of nitrogens with one attached hydrogen (secondary N) is 2. The van der Waals surface area contributed by atoms with E-state index in [2.05, 4.69) is 4.98 Å². The summed E-state index contributed by atoms with van der Waals surface area (Å²) in [5.74, 6) is -1.62. The lowest BCUT2D eigenvalue weighted by atomic mass is 10.1. The summed E-state index contributed by atoms with van der Waals surface area (Å²) < 4.78 is 65.9. The van der Waals surface area contributed by atoms with Crippen LogP contribution in [0.2, 0.25) is 0 Å². The molecule has 0 radical (unpaired) electrons. The molecular formula is C17H15F3N4O5S. The number of rotatable bonds is 6. The first-order valence-electron chi connectivity index (χ1n) is 8.49. The van der Waals surface area contributed by atoms with Gasteiger partial charge in [-0.15, -0.1) is 0 Å². The number of carbonyl (C=O) groups excluding carboxylic acids is 1. The Hall–Kier alpha value is -3.35. The number of carbonyl (C=O) groups is 1. The standard InChI is InChI=1S/C17H15F3N4O5S/c1-2-10(25)9-30(28,29)22-24-15(26)11-7-14(23-5-3-4-6-23)12(17(18,19)20)8-13(11)21-16(24)27/h3-8,22H,2,9H2,1H3,(H,21,27). The van der Waals surface area contributed by atoms with Crippen LogP contribution in [-0.4, -0.2) is 34.2 Å². The molecule has 2 aromatic heterocycles. The lowest BCUT2D eigenvalue weighted by Crippen LogP contribution is -2.45. The zero-order valence-electron chi connectivity index (χ0n) is 15.4. The van der Waals surface area contributed by atoms with Crippen LogP contribution in [0, 0.1) is 0 Å². The number of hydrogen-bond acceptors (Lipinski definition) is 5. The second kappa shape index (κ2) is 7.48. The van der Waals surface area contributed by atoms with Gasteiger partial charge in [0, 0.05) is 18.8 Å². The van der Waals surface area contributed by atoms with Gasteiger partial charge in [-0.3, -0.25) is 9.59 Å². The second-order valence-corrected chi connectivity index (χ2v) is 8.02. The Morgan fingerprint density at radius 1 is 1.17 bits per heavy atom. The molecule has 0 saturated heterocycles. The number of alkyl halides is 3. The van der Waals surface area contributed by atoms with E-state index in [1.54, 1.807) is 4.83 Å². The molecule has 2 N–H and O–H groups in total. The molecule has 0 aliphatic rings. The number of aromatic amines is 1. The van der Waals surface area contributed by atoms with Gasteiger partial charge in [-0.25, -0.2) is 18.0 Å². The first-order chi connectivity index (χ1) is 13.9. The Balaban J connectivity index is 2.24. The maximum atomic E-state index is 13.5. The van der Waals surface area contributed by atoms with Crippen molar-refractivity contribution in [3.63, 3.8) is 0 Å². The molecule has 3 rings (SSSR count). The van der Waals surface area contributed by atoms with Gasteiger partial charge in [0.25, 0.3) is 15.6 Å². The predicted molar refractivity (Wildman–Crippen MR) is 102 cm³/mol. The fourth-order valence-electron chi connectivity index (χ4n) is 2.76. The Bertz CT molecular complexity index is 1340. The molecule has 13 heteroatoms. The fraction of sp³-hybridized carbons (Fsp3) is 0.235. The number of sulfonamides is 1. The average Bonchev–Trinajstić information content (AvgIpc) is 3.17. The summed E-state index contributed by atoms with van der Waals surface area (Å²) in [6, 6.07) is 4.47. The molecule has 0 atom stereocenters. The molecule has 160 valence electrons. The van der Waals surface area contributed by atoms with E-state index in [0.717, 1.165) is 10.6 Å². The molecule has 0 aliphatic heterocycles. The zero-order chi connectivity index (χ0) is 22.3. The number of Topliss-reactive ketones (excluding diaryl/α,β-unsaturated/α-hetero) is 1. The van der Waals surface area contributed by atoms with E-state index in [9.17, 15) is 36.0 Å². The van der Waals surface area contributed by atoms with Crippen LogP contribution in [0.25, 0.3) is 16.6 Å². The maximum absolute atomic E-state index is 13.5. The van der Waals surface area contributed by atoms with Crippen LogP contribution in [0.3, 0.4) is 0 Å². The van der Waals surface area contributed by atoms with Gasteiger partial charge in [0.2, 0.25) is 0 Å². The Labute approximate surface area is 166 Å². The van der Waals surface area contributed by atoms with Crippen molar-refractivity contribution in [2.24, 2.45) is 0 Å². The number of halogens is 3. The van der Waals surface area contributed by atoms with Crippen LogP contribution >= 0.6 is 0 Å². The van der Waals surface area contributed by atoms with Gasteiger partial charge in [0.05, 0.1) is 22.2 Å². The van der Waals surface area contributed by atoms with Crippen molar-refractivity contribution in [1.29, 1.82) is 0 Å². The molecule has 0 spiro atoms. The van der Waals surface area contributed by atoms with Gasteiger partial charge in [0.1, 0.15) is 11.5 Å². The SMILES string of the molecule is CCC(=O)CS(=O)(=O)Nn1c(=O)[nH]c2cc(C(F)(F)F)c(-n3cccc3)cc2c1=O. The minimum absolute atomic E-state index is 0.0790. The van der Waals surface area contributed by atoms with Gasteiger partial charge in [-0.05, 0) is 24.3 Å². The zero-order valence-corrected chi connectivity index (χ0v) is 16.2. The molecule has 0 fully saturated rings. The smallest absolute Gasteiger partial charge is 0.323 e. The molecule has 3 aromatic rings. The Morgan fingerprint density at radius 3 is 2.37 bits per heavy atom. The first-order valence-corrected chi connectivity index (χ1v) is 10.1. The molecule has 30 heavy (non-hydrogen) atoms. The molecule has 9 nitrogen and oxygen atoms in total. The third-order valence-corrected chi connectivity index (χ3v) is 5.34. The van der Waals surface area contributed by atoms with Crippen LogP contribution in [0.5, 0.6) is 0 Å². The highest BCUT2D eigenvalue weighted by Gasteiger charge is 2.35. The highest BCUT2D eigenvalue weighted by atomic mass is 32.2. The Morgan fingerprint density at radius 2 is 1.80 bits per heavy atom. The van der Waals surface area contributed by atoms with Crippen LogP contribution in [0.1, 0.15) is 18.9 Å². The Kier molecular flexibility index (Phi) is 5.33. The molecule has 1 aromatic carbocycles. The second-order valence-electron chi connectivity index (χ2n) is 6.32. The highest BCUT2D eigenvalue weighted by molar-refractivity contribution is 7.93. The van der Waals surface area contributed by atoms with E-state index in [1.165, 1.54) is 31.5 Å². The summed E-state index contributed by atoms with van der Waals surface area (Å²) in [5.41, 5.74) is -4.41. The van der Waals surface area contributed by atoms with E-state index >= 15 is 0 Å². The van der Waals surface area contributed by atoms with Crippen LogP contribution in [0.4, 0.5) is 13.2 Å². The summed E-state index contributed by atoms with van der Waals surface area (Å²) in [4.78, 5) is 40.0. The lowest BCUT2D eigenvalue weighted by molar-refractivity contribution is -0.137. The molecule has 0 amide bonds. The number of fused-ring (bicyclic) bond motifs is 1. The van der Waals surface area contributed by atoms with Crippen molar-refractivity contribution in [2.45, 2.75) is 19.5 Å². The minimum Gasteiger partial charge on any atom is -0.323 e. The van der Waals surface area contributed by atoms with Crippen molar-refractivity contribution < 1.29 is 26.4 Å². The number of H-pyrrole nitrogens is 1. The van der Waals surface area contributed by atoms with Crippen molar-refractivity contribution in [3.8, 4) is 5.69 Å². The summed E-state index contributed by atoms with van der Waals surface area (Å²) in [5, 5.41) is -0.365. The van der Waals surface area contributed by atoms with E-state index in [4.69, 9.17) is 0 Å². The highest BCUT2D eigenvalue weighted by Crippen LogP contribution is 2.35. The third-order valence-electron chi connectivity index (χ3n) is 4.18. The molecule has 0 aliphatic carbocycles. The van der Waals surface area contributed by atoms with E-state index in [1.807, 2.05) is 0 Å². The quantitative estimate of drug-likeness (QED) is 0.594. The summed E-state index contributed by atoms with van der Waals surface area (Å²) in [7, 11) is -4.39. The van der Waals surface area contributed by atoms with E-state index < -0.39 is 50.1 Å². The van der Waals surface area contributed by atoms with Gasteiger partial charge >= 0.3 is 11.9 Å². The van der Waals surface area contributed by atoms with Crippen molar-refractivity contribution in [1.82, 2.24) is 14.2 Å². The largest absolute Gasteiger partial charge is 0.418 e. The number of nitrogens with zero attached hydrogens (tertiary/aromatic N) is 2. The van der Waals surface area contributed by atoms with Crippen molar-refractivity contribution in [3.05, 3.63) is 63.1 Å².